The van der Waals surface area contributed by atoms with Crippen molar-refractivity contribution >= 4 is 22.8 Å². The Labute approximate surface area is 227 Å². The number of ether oxygens (including phenoxy) is 2. The third kappa shape index (κ3) is 4.51. The van der Waals surface area contributed by atoms with E-state index in [0.29, 0.717) is 35.1 Å². The van der Waals surface area contributed by atoms with E-state index >= 15 is 0 Å². The first kappa shape index (κ1) is 23.9. The van der Waals surface area contributed by atoms with Gasteiger partial charge in [-0.25, -0.2) is 9.97 Å². The molecule has 1 spiro atoms. The van der Waals surface area contributed by atoms with E-state index in [1.165, 1.54) is 6.42 Å². The van der Waals surface area contributed by atoms with Crippen LogP contribution >= 0.6 is 11.6 Å². The monoisotopic (exact) mass is 530 g/mol. The lowest BCUT2D eigenvalue weighted by atomic mass is 9.80. The van der Waals surface area contributed by atoms with Gasteiger partial charge in [0.1, 0.15) is 30.1 Å². The molecule has 3 aliphatic rings. The Kier molecular flexibility index (Phi) is 5.80. The molecule has 4 aromatic rings. The molecule has 196 valence electrons. The number of rotatable bonds is 9. The molecule has 7 rings (SSSR count). The molecule has 0 amide bonds. The van der Waals surface area contributed by atoms with Crippen molar-refractivity contribution < 1.29 is 9.47 Å². The molecular formula is C29H31ClN6O2. The van der Waals surface area contributed by atoms with Crippen LogP contribution in [-0.2, 0) is 6.54 Å². The van der Waals surface area contributed by atoms with Crippen LogP contribution in [0.25, 0.3) is 22.6 Å². The van der Waals surface area contributed by atoms with Crippen molar-refractivity contribution in [2.24, 2.45) is 0 Å². The summed E-state index contributed by atoms with van der Waals surface area (Å²) in [5, 5.41) is 4.13. The number of nitrogens with zero attached hydrogens (tertiary/aromatic N) is 5. The van der Waals surface area contributed by atoms with Crippen molar-refractivity contribution in [2.45, 2.75) is 43.9 Å². The summed E-state index contributed by atoms with van der Waals surface area (Å²) in [5.41, 5.74) is 3.55. The van der Waals surface area contributed by atoms with Crippen molar-refractivity contribution in [3.8, 4) is 23.0 Å². The molecule has 0 atom stereocenters. The van der Waals surface area contributed by atoms with E-state index in [0.717, 1.165) is 67.4 Å². The zero-order valence-corrected chi connectivity index (χ0v) is 22.2. The van der Waals surface area contributed by atoms with E-state index in [9.17, 15) is 0 Å². The summed E-state index contributed by atoms with van der Waals surface area (Å²) in [7, 11) is 0. The Morgan fingerprint density at radius 1 is 1.05 bits per heavy atom. The Morgan fingerprint density at radius 2 is 1.87 bits per heavy atom. The number of fused-ring (bicyclic) bond motifs is 1. The molecule has 2 saturated heterocycles. The molecule has 8 nitrogen and oxygen atoms in total. The number of likely N-dealkylation sites (tertiary alicyclic amines) is 1. The molecule has 2 aromatic carbocycles. The molecule has 2 aromatic heterocycles. The van der Waals surface area contributed by atoms with Crippen molar-refractivity contribution in [1.29, 1.82) is 0 Å². The topological polar surface area (TPSA) is 77.3 Å². The predicted molar refractivity (Wildman–Crippen MR) is 147 cm³/mol. The first-order valence-corrected chi connectivity index (χ1v) is 13.7. The quantitative estimate of drug-likeness (QED) is 0.340. The van der Waals surface area contributed by atoms with Gasteiger partial charge in [0.2, 0.25) is 5.88 Å². The number of hydrogen-bond donors (Lipinski definition) is 1. The molecule has 0 radical (unpaired) electrons. The Hall–Kier alpha value is -3.20. The first-order chi connectivity index (χ1) is 18.5. The summed E-state index contributed by atoms with van der Waals surface area (Å²) in [6.07, 6.45) is 4.86. The standard InChI is InChI=1S/C29H31ClN6O2/c1-28(9-10-28)38-27-24-26(31-19-32-27)36(16-20-5-3-2-4-6-20)25(34-24)22-8-7-21(15-23(22)30)37-14-13-35-17-29(18-35)11-12-33-29/h2-8,15,19,33H,9-14,16-18H2,1H3. The lowest BCUT2D eigenvalue weighted by molar-refractivity contribution is -0.0116. The zero-order valence-electron chi connectivity index (χ0n) is 21.5. The average molecular weight is 531 g/mol. The van der Waals surface area contributed by atoms with Crippen LogP contribution in [-0.4, -0.2) is 68.3 Å². The molecular weight excluding hydrogens is 500 g/mol. The van der Waals surface area contributed by atoms with Crippen LogP contribution in [0.3, 0.4) is 0 Å². The lowest BCUT2D eigenvalue weighted by Gasteiger charge is -2.56. The number of benzene rings is 2. The predicted octanol–water partition coefficient (Wildman–Crippen LogP) is 4.55. The second kappa shape index (κ2) is 9.22. The molecule has 4 heterocycles. The van der Waals surface area contributed by atoms with Gasteiger partial charge in [0.05, 0.1) is 11.6 Å². The SMILES string of the molecule is CC1(Oc2ncnc3c2nc(-c2ccc(OCCN4CC5(CCN5)C4)cc2Cl)n3Cc2ccccc2)CC1. The summed E-state index contributed by atoms with van der Waals surface area (Å²) in [6.45, 7) is 7.62. The maximum Gasteiger partial charge on any atom is 0.245 e. The Balaban J connectivity index is 1.16. The highest BCUT2D eigenvalue weighted by molar-refractivity contribution is 6.33. The molecule has 9 heteroatoms. The molecule has 2 aliphatic heterocycles. The molecule has 0 unspecified atom stereocenters. The highest BCUT2D eigenvalue weighted by atomic mass is 35.5. The van der Waals surface area contributed by atoms with E-state index in [1.807, 2.05) is 36.4 Å². The Bertz CT molecular complexity index is 1470. The molecule has 38 heavy (non-hydrogen) atoms. The highest BCUT2D eigenvalue weighted by Gasteiger charge is 2.46. The van der Waals surface area contributed by atoms with Gasteiger partial charge in [-0.3, -0.25) is 4.90 Å². The molecule has 1 N–H and O–H groups in total. The van der Waals surface area contributed by atoms with Gasteiger partial charge in [-0.2, -0.15) is 4.98 Å². The average Bonchev–Trinajstić information content (AvgIpc) is 3.48. The van der Waals surface area contributed by atoms with Gasteiger partial charge < -0.3 is 19.4 Å². The summed E-state index contributed by atoms with van der Waals surface area (Å²) in [4.78, 5) is 16.5. The normalized spacial score (nSPS) is 19.2. The van der Waals surface area contributed by atoms with Crippen LogP contribution in [0.5, 0.6) is 11.6 Å². The minimum Gasteiger partial charge on any atom is -0.492 e. The minimum atomic E-state index is -0.174. The second-order valence-corrected chi connectivity index (χ2v) is 11.5. The fraction of sp³-hybridized carbons (Fsp3) is 0.414. The summed E-state index contributed by atoms with van der Waals surface area (Å²) in [5.74, 6) is 2.00. The maximum absolute atomic E-state index is 6.85. The summed E-state index contributed by atoms with van der Waals surface area (Å²) in [6, 6.07) is 16.1. The van der Waals surface area contributed by atoms with Crippen molar-refractivity contribution in [1.82, 2.24) is 29.7 Å². The van der Waals surface area contributed by atoms with Crippen LogP contribution in [0.4, 0.5) is 0 Å². The zero-order chi connectivity index (χ0) is 25.7. The van der Waals surface area contributed by atoms with Crippen LogP contribution in [0.1, 0.15) is 31.7 Å². The second-order valence-electron chi connectivity index (χ2n) is 11.1. The van der Waals surface area contributed by atoms with Crippen LogP contribution in [0.2, 0.25) is 5.02 Å². The Morgan fingerprint density at radius 3 is 2.58 bits per heavy atom. The van der Waals surface area contributed by atoms with Gasteiger partial charge in [-0.1, -0.05) is 41.9 Å². The van der Waals surface area contributed by atoms with Gasteiger partial charge in [-0.15, -0.1) is 0 Å². The summed E-state index contributed by atoms with van der Waals surface area (Å²) >= 11 is 6.85. The number of hydrogen-bond acceptors (Lipinski definition) is 7. The van der Waals surface area contributed by atoms with Crippen LogP contribution in [0, 0.1) is 0 Å². The van der Waals surface area contributed by atoms with Crippen LogP contribution in [0.15, 0.2) is 54.9 Å². The van der Waals surface area contributed by atoms with Gasteiger partial charge in [0.15, 0.2) is 11.2 Å². The van der Waals surface area contributed by atoms with E-state index < -0.39 is 0 Å². The fourth-order valence-electron chi connectivity index (χ4n) is 5.40. The smallest absolute Gasteiger partial charge is 0.245 e. The van der Waals surface area contributed by atoms with Gasteiger partial charge in [0.25, 0.3) is 0 Å². The van der Waals surface area contributed by atoms with Crippen molar-refractivity contribution in [3.63, 3.8) is 0 Å². The van der Waals surface area contributed by atoms with E-state index in [-0.39, 0.29) is 5.60 Å². The lowest BCUT2D eigenvalue weighted by Crippen LogP contribution is -2.75. The first-order valence-electron chi connectivity index (χ1n) is 13.3. The highest BCUT2D eigenvalue weighted by Crippen LogP contribution is 2.41. The maximum atomic E-state index is 6.85. The minimum absolute atomic E-state index is 0.174. The van der Waals surface area contributed by atoms with Crippen molar-refractivity contribution in [2.75, 3.05) is 32.8 Å². The third-order valence-corrected chi connectivity index (χ3v) is 8.31. The fourth-order valence-corrected chi connectivity index (χ4v) is 5.65. The molecule has 1 aliphatic carbocycles. The van der Waals surface area contributed by atoms with Gasteiger partial charge in [0, 0.05) is 30.7 Å². The van der Waals surface area contributed by atoms with Crippen LogP contribution < -0.4 is 14.8 Å². The molecule has 0 bridgehead atoms. The number of imidazole rings is 1. The third-order valence-electron chi connectivity index (χ3n) is 7.99. The largest absolute Gasteiger partial charge is 0.492 e. The number of nitrogens with one attached hydrogen (secondary N) is 1. The van der Waals surface area contributed by atoms with Gasteiger partial charge in [-0.05, 0) is 56.5 Å². The van der Waals surface area contributed by atoms with E-state index in [2.05, 4.69) is 43.8 Å². The molecule has 1 saturated carbocycles. The number of halogens is 1. The number of aromatic nitrogens is 4. The van der Waals surface area contributed by atoms with E-state index in [1.54, 1.807) is 6.33 Å². The van der Waals surface area contributed by atoms with Crippen molar-refractivity contribution in [3.05, 3.63) is 65.4 Å². The molecule has 3 fully saturated rings. The summed E-state index contributed by atoms with van der Waals surface area (Å²) < 4.78 is 14.4. The van der Waals surface area contributed by atoms with Gasteiger partial charge >= 0.3 is 0 Å². The van der Waals surface area contributed by atoms with E-state index in [4.69, 9.17) is 26.1 Å².